The van der Waals surface area contributed by atoms with Crippen molar-refractivity contribution in [3.8, 4) is 0 Å². The van der Waals surface area contributed by atoms with E-state index in [2.05, 4.69) is 27.1 Å². The van der Waals surface area contributed by atoms with Gasteiger partial charge in [0.1, 0.15) is 11.6 Å². The van der Waals surface area contributed by atoms with Crippen LogP contribution in [0.25, 0.3) is 0 Å². The molecule has 1 aliphatic rings. The molecule has 0 aliphatic carbocycles. The molecule has 0 saturated carbocycles. The Morgan fingerprint density at radius 2 is 2.13 bits per heavy atom. The summed E-state index contributed by atoms with van der Waals surface area (Å²) in [5, 5.41) is 3.25. The molecular weight excluding hydrogens is 316 g/mol. The molecule has 0 bridgehead atoms. The molecule has 1 saturated heterocycles. The summed E-state index contributed by atoms with van der Waals surface area (Å²) in [4.78, 5) is 10.5. The summed E-state index contributed by atoms with van der Waals surface area (Å²) in [6, 6.07) is 1.76. The Bertz CT molecular complexity index is 636. The standard InChI is InChI=1S/C14H26N6O2S/c1-4-5-6-16-12-9-13(18-14(15)17-12)19-7-8-20(11(2)10-19)23(3,21)22/h9,11H,4-8,10H2,1-3H3,(H3,15,16,17,18)/t11-/m0/s1. The number of anilines is 3. The average molecular weight is 342 g/mol. The lowest BCUT2D eigenvalue weighted by Crippen LogP contribution is -2.53. The number of unbranched alkanes of at least 4 members (excludes halogenated alkanes) is 1. The number of piperazine rings is 1. The van der Waals surface area contributed by atoms with Gasteiger partial charge in [-0.1, -0.05) is 13.3 Å². The third kappa shape index (κ3) is 4.68. The first-order valence-corrected chi connectivity index (χ1v) is 9.76. The van der Waals surface area contributed by atoms with Crippen LogP contribution in [0, 0.1) is 0 Å². The van der Waals surface area contributed by atoms with Crippen LogP contribution in [-0.4, -0.2) is 61.2 Å². The number of hydrogen-bond acceptors (Lipinski definition) is 7. The van der Waals surface area contributed by atoms with Gasteiger partial charge in [-0.2, -0.15) is 14.3 Å². The highest BCUT2D eigenvalue weighted by atomic mass is 32.2. The molecule has 130 valence electrons. The fourth-order valence-electron chi connectivity index (χ4n) is 2.74. The van der Waals surface area contributed by atoms with Crippen molar-refractivity contribution in [3.05, 3.63) is 6.07 Å². The zero-order chi connectivity index (χ0) is 17.0. The molecule has 1 fully saturated rings. The third-order valence-electron chi connectivity index (χ3n) is 3.88. The van der Waals surface area contributed by atoms with Crippen LogP contribution in [0.3, 0.4) is 0 Å². The summed E-state index contributed by atoms with van der Waals surface area (Å²) in [5.74, 6) is 1.66. The summed E-state index contributed by atoms with van der Waals surface area (Å²) in [7, 11) is -3.18. The number of aromatic nitrogens is 2. The van der Waals surface area contributed by atoms with Crippen molar-refractivity contribution in [1.29, 1.82) is 0 Å². The smallest absolute Gasteiger partial charge is 0.223 e. The predicted octanol–water partition coefficient (Wildman–Crippen LogP) is 0.741. The Morgan fingerprint density at radius 3 is 2.74 bits per heavy atom. The van der Waals surface area contributed by atoms with Crippen LogP contribution in [0.5, 0.6) is 0 Å². The summed E-state index contributed by atoms with van der Waals surface area (Å²) in [6.45, 7) is 6.48. The number of sulfonamides is 1. The SMILES string of the molecule is CCCCNc1cc(N2CCN(S(C)(=O)=O)[C@@H](C)C2)nc(N)n1. The Kier molecular flexibility index (Phi) is 5.64. The first-order chi connectivity index (χ1) is 10.8. The average Bonchev–Trinajstić information content (AvgIpc) is 2.45. The number of hydrogen-bond donors (Lipinski definition) is 2. The highest BCUT2D eigenvalue weighted by molar-refractivity contribution is 7.88. The zero-order valence-corrected chi connectivity index (χ0v) is 14.8. The van der Waals surface area contributed by atoms with Gasteiger partial charge in [0.15, 0.2) is 0 Å². The van der Waals surface area contributed by atoms with E-state index in [-0.39, 0.29) is 12.0 Å². The number of nitrogens with two attached hydrogens (primary N) is 1. The van der Waals surface area contributed by atoms with E-state index < -0.39 is 10.0 Å². The van der Waals surface area contributed by atoms with Gasteiger partial charge in [0.05, 0.1) is 6.26 Å². The van der Waals surface area contributed by atoms with Crippen molar-refractivity contribution in [2.45, 2.75) is 32.7 Å². The third-order valence-corrected chi connectivity index (χ3v) is 5.28. The van der Waals surface area contributed by atoms with E-state index in [1.165, 1.54) is 10.6 Å². The van der Waals surface area contributed by atoms with Crippen LogP contribution in [0.1, 0.15) is 26.7 Å². The molecule has 2 rings (SSSR count). The van der Waals surface area contributed by atoms with Crippen molar-refractivity contribution >= 4 is 27.6 Å². The molecule has 0 aromatic carbocycles. The van der Waals surface area contributed by atoms with Crippen LogP contribution in [-0.2, 0) is 10.0 Å². The minimum Gasteiger partial charge on any atom is -0.370 e. The Balaban J connectivity index is 2.10. The Labute approximate surface area is 138 Å². The van der Waals surface area contributed by atoms with Crippen molar-refractivity contribution in [2.75, 3.05) is 48.4 Å². The van der Waals surface area contributed by atoms with Gasteiger partial charge in [0, 0.05) is 38.3 Å². The molecule has 1 aliphatic heterocycles. The van der Waals surface area contributed by atoms with Gasteiger partial charge < -0.3 is 16.0 Å². The van der Waals surface area contributed by atoms with E-state index in [1.54, 1.807) is 0 Å². The van der Waals surface area contributed by atoms with Crippen LogP contribution in [0.4, 0.5) is 17.6 Å². The molecule has 1 atom stereocenters. The molecule has 8 nitrogen and oxygen atoms in total. The molecular formula is C14H26N6O2S. The quantitative estimate of drug-likeness (QED) is 0.735. The van der Waals surface area contributed by atoms with Crippen molar-refractivity contribution in [2.24, 2.45) is 0 Å². The number of nitrogens with one attached hydrogen (secondary N) is 1. The lowest BCUT2D eigenvalue weighted by Gasteiger charge is -2.38. The van der Waals surface area contributed by atoms with Crippen LogP contribution in [0.15, 0.2) is 6.07 Å². The van der Waals surface area contributed by atoms with Gasteiger partial charge in [-0.3, -0.25) is 0 Å². The van der Waals surface area contributed by atoms with E-state index >= 15 is 0 Å². The molecule has 1 aromatic rings. The maximum absolute atomic E-state index is 11.7. The van der Waals surface area contributed by atoms with Gasteiger partial charge in [-0.15, -0.1) is 0 Å². The maximum atomic E-state index is 11.7. The van der Waals surface area contributed by atoms with Gasteiger partial charge in [0.2, 0.25) is 16.0 Å². The first kappa shape index (κ1) is 17.7. The van der Waals surface area contributed by atoms with Crippen LogP contribution >= 0.6 is 0 Å². The highest BCUT2D eigenvalue weighted by Crippen LogP contribution is 2.22. The molecule has 0 spiro atoms. The number of rotatable bonds is 6. The monoisotopic (exact) mass is 342 g/mol. The molecule has 3 N–H and O–H groups in total. The highest BCUT2D eigenvalue weighted by Gasteiger charge is 2.30. The zero-order valence-electron chi connectivity index (χ0n) is 14.0. The van der Waals surface area contributed by atoms with Gasteiger partial charge in [0.25, 0.3) is 0 Å². The molecule has 9 heteroatoms. The molecule has 0 unspecified atom stereocenters. The largest absolute Gasteiger partial charge is 0.370 e. The summed E-state index contributed by atoms with van der Waals surface area (Å²) in [5.41, 5.74) is 5.81. The minimum atomic E-state index is -3.18. The van der Waals surface area contributed by atoms with Gasteiger partial charge in [-0.25, -0.2) is 8.42 Å². The molecule has 2 heterocycles. The molecule has 0 radical (unpaired) electrons. The predicted molar refractivity (Wildman–Crippen MR) is 93.1 cm³/mol. The maximum Gasteiger partial charge on any atom is 0.223 e. The summed E-state index contributed by atoms with van der Waals surface area (Å²) >= 11 is 0. The fraction of sp³-hybridized carbons (Fsp3) is 0.714. The molecule has 0 amide bonds. The van der Waals surface area contributed by atoms with Crippen molar-refractivity contribution in [3.63, 3.8) is 0 Å². The van der Waals surface area contributed by atoms with Gasteiger partial charge >= 0.3 is 0 Å². The Hall–Kier alpha value is -1.61. The molecule has 23 heavy (non-hydrogen) atoms. The van der Waals surface area contributed by atoms with E-state index in [9.17, 15) is 8.42 Å². The van der Waals surface area contributed by atoms with E-state index in [0.29, 0.717) is 25.5 Å². The first-order valence-electron chi connectivity index (χ1n) is 7.91. The second-order valence-electron chi connectivity index (χ2n) is 5.92. The van der Waals surface area contributed by atoms with Gasteiger partial charge in [-0.05, 0) is 13.3 Å². The van der Waals surface area contributed by atoms with E-state index in [1.807, 2.05) is 13.0 Å². The second-order valence-corrected chi connectivity index (χ2v) is 7.85. The number of nitrogen functional groups attached to an aromatic ring is 1. The van der Waals surface area contributed by atoms with Crippen LogP contribution < -0.4 is 16.0 Å². The summed E-state index contributed by atoms with van der Waals surface area (Å²) in [6.07, 6.45) is 3.41. The normalized spacial score (nSPS) is 19.8. The van der Waals surface area contributed by atoms with Crippen LogP contribution in [0.2, 0.25) is 0 Å². The lowest BCUT2D eigenvalue weighted by atomic mass is 10.2. The number of nitrogens with zero attached hydrogens (tertiary/aromatic N) is 4. The van der Waals surface area contributed by atoms with Crippen molar-refractivity contribution < 1.29 is 8.42 Å². The Morgan fingerprint density at radius 1 is 1.39 bits per heavy atom. The van der Waals surface area contributed by atoms with E-state index in [4.69, 9.17) is 5.73 Å². The summed E-state index contributed by atoms with van der Waals surface area (Å²) < 4.78 is 25.0. The molecule has 1 aromatic heterocycles. The fourth-order valence-corrected chi connectivity index (χ4v) is 3.87. The lowest BCUT2D eigenvalue weighted by molar-refractivity contribution is 0.308. The topological polar surface area (TPSA) is 104 Å². The van der Waals surface area contributed by atoms with Crippen molar-refractivity contribution in [1.82, 2.24) is 14.3 Å². The van der Waals surface area contributed by atoms with E-state index in [0.717, 1.165) is 25.2 Å². The second kappa shape index (κ2) is 7.31. The minimum absolute atomic E-state index is 0.105.